The van der Waals surface area contributed by atoms with Crippen molar-refractivity contribution in [3.63, 3.8) is 0 Å². The predicted octanol–water partition coefficient (Wildman–Crippen LogP) is 8.33. The fourth-order valence-corrected chi connectivity index (χ4v) is 9.49. The zero-order chi connectivity index (χ0) is 33.2. The molecular formula is C48H28B2N. The van der Waals surface area contributed by atoms with E-state index in [1.807, 2.05) is 0 Å². The van der Waals surface area contributed by atoms with Crippen molar-refractivity contribution in [1.29, 1.82) is 0 Å². The number of nitrogens with zero attached hydrogens (tertiary/aromatic N) is 1. The number of rotatable bonds is 4. The molecule has 231 valence electrons. The summed E-state index contributed by atoms with van der Waals surface area (Å²) in [4.78, 5) is 0. The average Bonchev–Trinajstić information content (AvgIpc) is 3.57. The van der Waals surface area contributed by atoms with Gasteiger partial charge in [-0.1, -0.05) is 186 Å². The summed E-state index contributed by atoms with van der Waals surface area (Å²) in [6, 6.07) is 63.3. The van der Waals surface area contributed by atoms with E-state index in [0.717, 1.165) is 0 Å². The summed E-state index contributed by atoms with van der Waals surface area (Å²) < 4.78 is 2.63. The minimum atomic E-state index is 0.0557. The van der Waals surface area contributed by atoms with Gasteiger partial charge in [0, 0.05) is 27.5 Å². The van der Waals surface area contributed by atoms with Gasteiger partial charge in [0.05, 0.1) is 0 Å². The molecule has 0 aliphatic carbocycles. The smallest absolute Gasteiger partial charge is 0.247 e. The van der Waals surface area contributed by atoms with Crippen LogP contribution in [0.2, 0.25) is 0 Å². The Morgan fingerprint density at radius 3 is 1.73 bits per heavy atom. The first-order chi connectivity index (χ1) is 25.3. The van der Waals surface area contributed by atoms with Crippen LogP contribution in [-0.2, 0) is 0 Å². The lowest BCUT2D eigenvalue weighted by atomic mass is 9.34. The molecule has 3 heteroatoms. The van der Waals surface area contributed by atoms with Crippen LogP contribution in [0.25, 0.3) is 82.4 Å². The monoisotopic (exact) mass is 640 g/mol. The van der Waals surface area contributed by atoms with Gasteiger partial charge in [-0.25, -0.2) is 0 Å². The van der Waals surface area contributed by atoms with E-state index in [0.29, 0.717) is 0 Å². The highest BCUT2D eigenvalue weighted by atomic mass is 15.0. The van der Waals surface area contributed by atoms with Crippen LogP contribution < -0.4 is 27.3 Å². The Balaban J connectivity index is 1.17. The summed E-state index contributed by atoms with van der Waals surface area (Å²) in [5.74, 6) is 0. The molecule has 12 rings (SSSR count). The third-order valence-corrected chi connectivity index (χ3v) is 11.7. The molecule has 3 heterocycles. The number of aromatic nitrogens is 1. The van der Waals surface area contributed by atoms with Gasteiger partial charge in [-0.3, -0.25) is 0 Å². The summed E-state index contributed by atoms with van der Waals surface area (Å²) >= 11 is 0. The number of hydrogen-bond donors (Lipinski definition) is 0. The molecule has 1 nitrogen and oxygen atoms in total. The highest BCUT2D eigenvalue weighted by molar-refractivity contribution is 6.99. The molecule has 0 atom stereocenters. The second-order valence-corrected chi connectivity index (χ2v) is 14.2. The highest BCUT2D eigenvalue weighted by Crippen LogP contribution is 2.44. The van der Waals surface area contributed by atoms with Gasteiger partial charge in [0.25, 0.3) is 0 Å². The van der Waals surface area contributed by atoms with Gasteiger partial charge in [-0.05, 0) is 65.9 Å². The molecule has 1 aromatic heterocycles. The standard InChI is InChI=1S/C48H28B2N/c1-3-10-29(11-4-1)30-18-20-31(21-19-30)33-22-23-34(32-12-5-2-6-13-32)43(28-33)50-41-17-9-16-39-46(41)51-47-40(49-39)26-24-37-35-14-7-8-15-36(35)38-25-27-42(50)48(51)45(38)44(37)47/h1-28H. The van der Waals surface area contributed by atoms with Gasteiger partial charge in [-0.15, -0.1) is 0 Å². The molecule has 9 aromatic carbocycles. The number of benzene rings is 9. The van der Waals surface area contributed by atoms with E-state index in [2.05, 4.69) is 182 Å². The van der Waals surface area contributed by atoms with Crippen molar-refractivity contribution in [3.8, 4) is 39.1 Å². The van der Waals surface area contributed by atoms with Gasteiger partial charge in [0.15, 0.2) is 7.28 Å². The molecule has 0 bridgehead atoms. The normalized spacial score (nSPS) is 12.8. The molecule has 1 radical (unpaired) electrons. The lowest BCUT2D eigenvalue weighted by Crippen LogP contribution is -2.59. The largest absolute Gasteiger partial charge is 0.311 e. The van der Waals surface area contributed by atoms with Gasteiger partial charge >= 0.3 is 0 Å². The molecule has 0 fully saturated rings. The summed E-state index contributed by atoms with van der Waals surface area (Å²) in [5, 5.41) is 8.13. The first-order valence-corrected chi connectivity index (χ1v) is 17.9. The molecule has 0 N–H and O–H groups in total. The van der Waals surface area contributed by atoms with Crippen molar-refractivity contribution in [3.05, 3.63) is 170 Å². The van der Waals surface area contributed by atoms with E-state index < -0.39 is 0 Å². The van der Waals surface area contributed by atoms with Crippen LogP contribution in [-0.4, -0.2) is 18.6 Å². The van der Waals surface area contributed by atoms with E-state index in [4.69, 9.17) is 0 Å². The third-order valence-electron chi connectivity index (χ3n) is 11.7. The topological polar surface area (TPSA) is 4.93 Å². The van der Waals surface area contributed by atoms with E-state index in [1.54, 1.807) is 0 Å². The average molecular weight is 640 g/mol. The molecule has 10 aromatic rings. The number of fused-ring (bicyclic) bond motifs is 3. The molecule has 0 saturated carbocycles. The summed E-state index contributed by atoms with van der Waals surface area (Å²) in [5.41, 5.74) is 18.2. The maximum absolute atomic E-state index is 2.63. The van der Waals surface area contributed by atoms with Crippen molar-refractivity contribution in [2.75, 3.05) is 0 Å². The van der Waals surface area contributed by atoms with Gasteiger partial charge in [0.1, 0.15) is 0 Å². The number of para-hydroxylation sites is 1. The Hall–Kier alpha value is -6.31. The summed E-state index contributed by atoms with van der Waals surface area (Å²) in [6.07, 6.45) is 0. The van der Waals surface area contributed by atoms with Gasteiger partial charge in [-0.2, -0.15) is 0 Å². The first-order valence-electron chi connectivity index (χ1n) is 17.9. The lowest BCUT2D eigenvalue weighted by Gasteiger charge is -2.32. The van der Waals surface area contributed by atoms with E-state index in [1.165, 1.54) is 110 Å². The Labute approximate surface area is 297 Å². The van der Waals surface area contributed by atoms with Crippen LogP contribution in [0.1, 0.15) is 0 Å². The van der Waals surface area contributed by atoms with E-state index in [-0.39, 0.29) is 6.71 Å². The Bertz CT molecular complexity index is 3030. The second-order valence-electron chi connectivity index (χ2n) is 14.2. The Morgan fingerprint density at radius 1 is 0.373 bits per heavy atom. The minimum absolute atomic E-state index is 0.0557. The first kappa shape index (κ1) is 27.5. The fourth-order valence-electron chi connectivity index (χ4n) is 9.49. The molecule has 0 amide bonds. The molecule has 2 aliphatic heterocycles. The van der Waals surface area contributed by atoms with Gasteiger partial charge in [0.2, 0.25) is 6.71 Å². The molecule has 0 spiro atoms. The Kier molecular flexibility index (Phi) is 5.46. The number of hydrogen-bond acceptors (Lipinski definition) is 0. The van der Waals surface area contributed by atoms with Crippen LogP contribution in [0, 0.1) is 0 Å². The van der Waals surface area contributed by atoms with Crippen molar-refractivity contribution in [1.82, 2.24) is 4.57 Å². The zero-order valence-electron chi connectivity index (χ0n) is 27.8. The van der Waals surface area contributed by atoms with Crippen molar-refractivity contribution >= 4 is 84.7 Å². The predicted molar refractivity (Wildman–Crippen MR) is 219 cm³/mol. The van der Waals surface area contributed by atoms with Gasteiger partial charge < -0.3 is 4.57 Å². The van der Waals surface area contributed by atoms with Crippen LogP contribution in [0.4, 0.5) is 0 Å². The summed E-state index contributed by atoms with van der Waals surface area (Å²) in [7, 11) is 2.42. The molecular weight excluding hydrogens is 612 g/mol. The van der Waals surface area contributed by atoms with E-state index >= 15 is 0 Å². The van der Waals surface area contributed by atoms with Crippen molar-refractivity contribution in [2.45, 2.75) is 0 Å². The van der Waals surface area contributed by atoms with E-state index in [9.17, 15) is 0 Å². The second kappa shape index (κ2) is 10.1. The highest BCUT2D eigenvalue weighted by Gasteiger charge is 2.39. The maximum Gasteiger partial charge on any atom is 0.247 e. The Morgan fingerprint density at radius 2 is 0.980 bits per heavy atom. The van der Waals surface area contributed by atoms with Crippen LogP contribution >= 0.6 is 0 Å². The minimum Gasteiger partial charge on any atom is -0.311 e. The summed E-state index contributed by atoms with van der Waals surface area (Å²) in [6.45, 7) is 0.0557. The van der Waals surface area contributed by atoms with Crippen molar-refractivity contribution < 1.29 is 0 Å². The molecule has 2 aliphatic rings. The quantitative estimate of drug-likeness (QED) is 0.135. The fraction of sp³-hybridized carbons (Fsp3) is 0. The molecule has 0 saturated heterocycles. The maximum atomic E-state index is 2.63. The lowest BCUT2D eigenvalue weighted by molar-refractivity contribution is 1.20. The van der Waals surface area contributed by atoms with Crippen molar-refractivity contribution in [2.24, 2.45) is 0 Å². The van der Waals surface area contributed by atoms with Crippen LogP contribution in [0.15, 0.2) is 170 Å². The zero-order valence-corrected chi connectivity index (χ0v) is 27.8. The molecule has 0 unspecified atom stereocenters. The van der Waals surface area contributed by atoms with Crippen LogP contribution in [0.5, 0.6) is 0 Å². The third kappa shape index (κ3) is 3.68. The molecule has 51 heavy (non-hydrogen) atoms. The van der Waals surface area contributed by atoms with Crippen LogP contribution in [0.3, 0.4) is 0 Å². The SMILES string of the molecule is [B]1c2cccc3c2-n2c4c1ccc1c5ccccc5c5ccc(c2c5c14)B3c1cc(-c2ccc(-c3ccccc3)cc2)ccc1-c1ccccc1.